The lowest BCUT2D eigenvalue weighted by molar-refractivity contribution is -0.115. The Labute approximate surface area is 139 Å². The van der Waals surface area contributed by atoms with Crippen molar-refractivity contribution < 1.29 is 22.4 Å². The molecule has 2 rings (SSSR count). The van der Waals surface area contributed by atoms with Gasteiger partial charge in [-0.3, -0.25) is 9.59 Å². The predicted molar refractivity (Wildman–Crippen MR) is 87.1 cm³/mol. The standard InChI is InChI=1S/C15H17N3O5S/c1-10-5-6-11(8-13(10)24(21,22)16-2)18-14(19)9-17-15(20)12-4-3-7-23-12/h3-8,16H,9H2,1-2H3,(H,17,20)(H,18,19). The number of nitrogens with one attached hydrogen (secondary N) is 3. The van der Waals surface area contributed by atoms with E-state index in [9.17, 15) is 18.0 Å². The van der Waals surface area contributed by atoms with Crippen LogP contribution in [-0.4, -0.2) is 33.8 Å². The molecule has 0 aliphatic rings. The first-order valence-electron chi connectivity index (χ1n) is 6.99. The minimum absolute atomic E-state index is 0.0717. The first kappa shape index (κ1) is 17.7. The second-order valence-corrected chi connectivity index (χ2v) is 6.75. The summed E-state index contributed by atoms with van der Waals surface area (Å²) >= 11 is 0. The molecule has 0 spiro atoms. The van der Waals surface area contributed by atoms with E-state index in [0.29, 0.717) is 11.3 Å². The van der Waals surface area contributed by atoms with Gasteiger partial charge in [0.15, 0.2) is 5.76 Å². The Morgan fingerprint density at radius 3 is 2.58 bits per heavy atom. The molecule has 0 saturated carbocycles. The van der Waals surface area contributed by atoms with E-state index < -0.39 is 21.8 Å². The number of carbonyl (C=O) groups excluding carboxylic acids is 2. The van der Waals surface area contributed by atoms with E-state index in [1.165, 1.54) is 25.4 Å². The van der Waals surface area contributed by atoms with Gasteiger partial charge in [-0.1, -0.05) is 6.07 Å². The van der Waals surface area contributed by atoms with Gasteiger partial charge in [0.2, 0.25) is 15.9 Å². The summed E-state index contributed by atoms with van der Waals surface area (Å²) in [4.78, 5) is 23.6. The number of hydrogen-bond donors (Lipinski definition) is 3. The van der Waals surface area contributed by atoms with Crippen LogP contribution in [0.25, 0.3) is 0 Å². The number of furan rings is 1. The molecule has 8 nitrogen and oxygen atoms in total. The fourth-order valence-electron chi connectivity index (χ4n) is 1.94. The van der Waals surface area contributed by atoms with Gasteiger partial charge in [-0.05, 0) is 43.8 Å². The highest BCUT2D eigenvalue weighted by atomic mass is 32.2. The normalized spacial score (nSPS) is 11.1. The van der Waals surface area contributed by atoms with E-state index in [2.05, 4.69) is 15.4 Å². The van der Waals surface area contributed by atoms with Crippen LogP contribution in [0.2, 0.25) is 0 Å². The Morgan fingerprint density at radius 1 is 1.21 bits per heavy atom. The number of anilines is 1. The highest BCUT2D eigenvalue weighted by Crippen LogP contribution is 2.19. The van der Waals surface area contributed by atoms with Crippen LogP contribution in [-0.2, 0) is 14.8 Å². The maximum atomic E-state index is 11.9. The van der Waals surface area contributed by atoms with Crippen LogP contribution in [0.4, 0.5) is 5.69 Å². The van der Waals surface area contributed by atoms with Gasteiger partial charge in [0.1, 0.15) is 0 Å². The van der Waals surface area contributed by atoms with Crippen molar-refractivity contribution in [3.8, 4) is 0 Å². The zero-order valence-electron chi connectivity index (χ0n) is 13.1. The van der Waals surface area contributed by atoms with E-state index in [1.54, 1.807) is 25.1 Å². The molecule has 9 heteroatoms. The Bertz CT molecular complexity index is 844. The average Bonchev–Trinajstić information content (AvgIpc) is 3.09. The summed E-state index contributed by atoms with van der Waals surface area (Å²) in [6.07, 6.45) is 1.35. The lowest BCUT2D eigenvalue weighted by Crippen LogP contribution is -2.32. The summed E-state index contributed by atoms with van der Waals surface area (Å²) in [6, 6.07) is 7.55. The lowest BCUT2D eigenvalue weighted by atomic mass is 10.2. The molecule has 0 atom stereocenters. The zero-order valence-corrected chi connectivity index (χ0v) is 13.9. The fourth-order valence-corrected chi connectivity index (χ4v) is 2.93. The van der Waals surface area contributed by atoms with E-state index in [-0.39, 0.29) is 17.2 Å². The number of carbonyl (C=O) groups is 2. The second-order valence-electron chi connectivity index (χ2n) is 4.90. The van der Waals surface area contributed by atoms with Gasteiger partial charge in [-0.15, -0.1) is 0 Å². The van der Waals surface area contributed by atoms with Crippen molar-refractivity contribution in [2.75, 3.05) is 18.9 Å². The number of rotatable bonds is 6. The number of sulfonamides is 1. The van der Waals surface area contributed by atoms with Crippen LogP contribution < -0.4 is 15.4 Å². The largest absolute Gasteiger partial charge is 0.459 e. The molecule has 0 bridgehead atoms. The van der Waals surface area contributed by atoms with Crippen LogP contribution in [0, 0.1) is 6.92 Å². The van der Waals surface area contributed by atoms with Gasteiger partial charge in [-0.25, -0.2) is 13.1 Å². The number of amides is 2. The molecule has 0 aliphatic heterocycles. The quantitative estimate of drug-likeness (QED) is 0.714. The van der Waals surface area contributed by atoms with Crippen molar-refractivity contribution in [1.82, 2.24) is 10.0 Å². The van der Waals surface area contributed by atoms with Gasteiger partial charge in [-0.2, -0.15) is 0 Å². The van der Waals surface area contributed by atoms with Crippen molar-refractivity contribution in [3.63, 3.8) is 0 Å². The molecule has 1 aromatic heterocycles. The van der Waals surface area contributed by atoms with Crippen LogP contribution in [0.15, 0.2) is 45.9 Å². The van der Waals surface area contributed by atoms with Crippen molar-refractivity contribution in [2.24, 2.45) is 0 Å². The van der Waals surface area contributed by atoms with Crippen molar-refractivity contribution >= 4 is 27.5 Å². The molecule has 0 aliphatic carbocycles. The third-order valence-electron chi connectivity index (χ3n) is 3.18. The first-order chi connectivity index (χ1) is 11.3. The van der Waals surface area contributed by atoms with Crippen molar-refractivity contribution in [1.29, 1.82) is 0 Å². The molecule has 2 aromatic rings. The molecule has 0 radical (unpaired) electrons. The highest BCUT2D eigenvalue weighted by molar-refractivity contribution is 7.89. The summed E-state index contributed by atoms with van der Waals surface area (Å²) < 4.78 is 31.0. The van der Waals surface area contributed by atoms with E-state index in [1.807, 2.05) is 0 Å². The van der Waals surface area contributed by atoms with Crippen LogP contribution in [0.3, 0.4) is 0 Å². The molecule has 128 valence electrons. The highest BCUT2D eigenvalue weighted by Gasteiger charge is 2.16. The first-order valence-corrected chi connectivity index (χ1v) is 8.47. The van der Waals surface area contributed by atoms with Gasteiger partial charge in [0, 0.05) is 5.69 Å². The van der Waals surface area contributed by atoms with Crippen molar-refractivity contribution in [3.05, 3.63) is 47.9 Å². The Balaban J connectivity index is 2.02. The summed E-state index contributed by atoms with van der Waals surface area (Å²) in [6.45, 7) is 1.38. The molecule has 2 amide bonds. The average molecular weight is 351 g/mol. The molecule has 24 heavy (non-hydrogen) atoms. The van der Waals surface area contributed by atoms with Crippen LogP contribution in [0.5, 0.6) is 0 Å². The topological polar surface area (TPSA) is 118 Å². The lowest BCUT2D eigenvalue weighted by Gasteiger charge is -2.10. The van der Waals surface area contributed by atoms with Gasteiger partial charge < -0.3 is 15.1 Å². The smallest absolute Gasteiger partial charge is 0.287 e. The van der Waals surface area contributed by atoms with Gasteiger partial charge in [0.25, 0.3) is 5.91 Å². The molecular weight excluding hydrogens is 334 g/mol. The Kier molecular flexibility index (Phi) is 5.37. The number of benzene rings is 1. The number of hydrogen-bond acceptors (Lipinski definition) is 5. The minimum Gasteiger partial charge on any atom is -0.459 e. The molecule has 1 heterocycles. The molecule has 0 fully saturated rings. The summed E-state index contributed by atoms with van der Waals surface area (Å²) in [5.41, 5.74) is 0.861. The van der Waals surface area contributed by atoms with Gasteiger partial charge >= 0.3 is 0 Å². The third kappa shape index (κ3) is 4.21. The van der Waals surface area contributed by atoms with E-state index >= 15 is 0 Å². The molecular formula is C15H17N3O5S. The summed E-state index contributed by atoms with van der Waals surface area (Å²) in [5.74, 6) is -0.912. The minimum atomic E-state index is -3.63. The number of aryl methyl sites for hydroxylation is 1. The molecule has 0 saturated heterocycles. The summed E-state index contributed by atoms with van der Waals surface area (Å²) in [7, 11) is -2.32. The predicted octanol–water partition coefficient (Wildman–Crippen LogP) is 0.865. The Morgan fingerprint density at radius 2 is 1.96 bits per heavy atom. The Hall–Kier alpha value is -2.65. The van der Waals surface area contributed by atoms with Crippen molar-refractivity contribution in [2.45, 2.75) is 11.8 Å². The van der Waals surface area contributed by atoms with Crippen LogP contribution >= 0.6 is 0 Å². The molecule has 1 aromatic carbocycles. The maximum absolute atomic E-state index is 11.9. The molecule has 0 unspecified atom stereocenters. The second kappa shape index (κ2) is 7.28. The van der Waals surface area contributed by atoms with Crippen LogP contribution in [0.1, 0.15) is 16.1 Å². The zero-order chi connectivity index (χ0) is 17.7. The SMILES string of the molecule is CNS(=O)(=O)c1cc(NC(=O)CNC(=O)c2ccco2)ccc1C. The summed E-state index contributed by atoms with van der Waals surface area (Å²) in [5, 5.41) is 4.93. The fraction of sp³-hybridized carbons (Fsp3) is 0.200. The maximum Gasteiger partial charge on any atom is 0.287 e. The van der Waals surface area contributed by atoms with E-state index in [4.69, 9.17) is 4.42 Å². The van der Waals surface area contributed by atoms with Gasteiger partial charge in [0.05, 0.1) is 17.7 Å². The van der Waals surface area contributed by atoms with E-state index in [0.717, 1.165) is 0 Å². The molecule has 3 N–H and O–H groups in total. The monoisotopic (exact) mass is 351 g/mol. The third-order valence-corrected chi connectivity index (χ3v) is 4.74.